The summed E-state index contributed by atoms with van der Waals surface area (Å²) in [5.74, 6) is -1.94. The van der Waals surface area contributed by atoms with Crippen molar-refractivity contribution in [3.05, 3.63) is 29.6 Å². The van der Waals surface area contributed by atoms with Crippen molar-refractivity contribution in [2.24, 2.45) is 5.92 Å². The summed E-state index contributed by atoms with van der Waals surface area (Å²) >= 11 is 0. The maximum Gasteiger partial charge on any atom is 0.416 e. The van der Waals surface area contributed by atoms with Crippen LogP contribution >= 0.6 is 0 Å². The summed E-state index contributed by atoms with van der Waals surface area (Å²) in [7, 11) is 0. The molecule has 19 heavy (non-hydrogen) atoms. The van der Waals surface area contributed by atoms with Gasteiger partial charge >= 0.3 is 12.1 Å². The Morgan fingerprint density at radius 2 is 2.05 bits per heavy atom. The molecule has 1 rings (SSSR count). The number of halogens is 3. The molecule has 1 atom stereocenters. The molecule has 1 unspecified atom stereocenters. The summed E-state index contributed by atoms with van der Waals surface area (Å²) in [6.07, 6.45) is -2.36. The van der Waals surface area contributed by atoms with Gasteiger partial charge in [-0.25, -0.2) is 0 Å². The maximum absolute atomic E-state index is 12.9. The fraction of sp³-hybridized carbons (Fsp3) is 0.538. The van der Waals surface area contributed by atoms with E-state index in [1.807, 2.05) is 0 Å². The van der Waals surface area contributed by atoms with Gasteiger partial charge in [0.05, 0.1) is 18.1 Å². The van der Waals surface area contributed by atoms with Gasteiger partial charge in [-0.1, -0.05) is 13.8 Å². The van der Waals surface area contributed by atoms with E-state index in [0.29, 0.717) is 0 Å². The first-order chi connectivity index (χ1) is 8.79. The molecule has 1 aromatic heterocycles. The van der Waals surface area contributed by atoms with Crippen molar-refractivity contribution in [2.45, 2.75) is 32.9 Å². The largest absolute Gasteiger partial charge is 0.466 e. The fourth-order valence-corrected chi connectivity index (χ4v) is 1.90. The molecule has 0 fully saturated rings. The molecule has 0 aromatic carbocycles. The Kier molecular flexibility index (Phi) is 4.91. The van der Waals surface area contributed by atoms with E-state index < -0.39 is 23.6 Å². The SMILES string of the molecule is CCOC(=O)C(c1cnccc1C(F)(F)F)C(C)C. The zero-order valence-electron chi connectivity index (χ0n) is 11.0. The molecule has 1 aromatic rings. The molecule has 0 aliphatic rings. The Morgan fingerprint density at radius 1 is 1.42 bits per heavy atom. The van der Waals surface area contributed by atoms with E-state index in [9.17, 15) is 18.0 Å². The van der Waals surface area contributed by atoms with Gasteiger partial charge in [-0.2, -0.15) is 13.2 Å². The lowest BCUT2D eigenvalue weighted by atomic mass is 9.86. The number of carbonyl (C=O) groups is 1. The van der Waals surface area contributed by atoms with Gasteiger partial charge in [-0.05, 0) is 24.5 Å². The van der Waals surface area contributed by atoms with E-state index in [4.69, 9.17) is 4.74 Å². The quantitative estimate of drug-likeness (QED) is 0.790. The molecule has 0 aliphatic heterocycles. The normalized spacial score (nSPS) is 13.4. The number of hydrogen-bond donors (Lipinski definition) is 0. The summed E-state index contributed by atoms with van der Waals surface area (Å²) in [4.78, 5) is 15.5. The van der Waals surface area contributed by atoms with Crippen molar-refractivity contribution in [3.8, 4) is 0 Å². The molecule has 6 heteroatoms. The van der Waals surface area contributed by atoms with Crippen LogP contribution in [0.25, 0.3) is 0 Å². The number of nitrogens with zero attached hydrogens (tertiary/aromatic N) is 1. The van der Waals surface area contributed by atoms with E-state index in [1.54, 1.807) is 20.8 Å². The smallest absolute Gasteiger partial charge is 0.416 e. The molecule has 3 nitrogen and oxygen atoms in total. The maximum atomic E-state index is 12.9. The molecule has 0 amide bonds. The predicted octanol–water partition coefficient (Wildman–Crippen LogP) is 3.40. The van der Waals surface area contributed by atoms with Gasteiger partial charge in [0.15, 0.2) is 0 Å². The lowest BCUT2D eigenvalue weighted by Crippen LogP contribution is -2.24. The van der Waals surface area contributed by atoms with Crippen LogP contribution in [-0.4, -0.2) is 17.6 Å². The number of esters is 1. The first-order valence-electron chi connectivity index (χ1n) is 5.96. The molecule has 0 bridgehead atoms. The van der Waals surface area contributed by atoms with Crippen molar-refractivity contribution in [3.63, 3.8) is 0 Å². The molecular weight excluding hydrogens is 259 g/mol. The van der Waals surface area contributed by atoms with Crippen molar-refractivity contribution in [1.29, 1.82) is 0 Å². The zero-order chi connectivity index (χ0) is 14.6. The summed E-state index contributed by atoms with van der Waals surface area (Å²) in [6, 6.07) is 0.879. The Morgan fingerprint density at radius 3 is 2.53 bits per heavy atom. The van der Waals surface area contributed by atoms with E-state index in [1.165, 1.54) is 0 Å². The van der Waals surface area contributed by atoms with E-state index in [0.717, 1.165) is 18.5 Å². The van der Waals surface area contributed by atoms with Crippen LogP contribution in [0.4, 0.5) is 13.2 Å². The minimum Gasteiger partial charge on any atom is -0.466 e. The van der Waals surface area contributed by atoms with Crippen molar-refractivity contribution < 1.29 is 22.7 Å². The molecule has 0 aliphatic carbocycles. The van der Waals surface area contributed by atoms with Crippen LogP contribution in [0.5, 0.6) is 0 Å². The third-order valence-corrected chi connectivity index (χ3v) is 2.70. The lowest BCUT2D eigenvalue weighted by Gasteiger charge is -2.22. The van der Waals surface area contributed by atoms with Gasteiger partial charge in [0, 0.05) is 12.4 Å². The summed E-state index contributed by atoms with van der Waals surface area (Å²) in [5, 5.41) is 0. The van der Waals surface area contributed by atoms with Crippen LogP contribution in [0.2, 0.25) is 0 Å². The number of aromatic nitrogens is 1. The highest BCUT2D eigenvalue weighted by Crippen LogP contribution is 2.37. The van der Waals surface area contributed by atoms with Gasteiger partial charge in [-0.3, -0.25) is 9.78 Å². The molecule has 0 saturated heterocycles. The molecule has 0 spiro atoms. The van der Waals surface area contributed by atoms with E-state index in [2.05, 4.69) is 4.98 Å². The predicted molar refractivity (Wildman–Crippen MR) is 63.5 cm³/mol. The summed E-state index contributed by atoms with van der Waals surface area (Å²) < 4.78 is 43.7. The molecule has 0 radical (unpaired) electrons. The Balaban J connectivity index is 3.28. The second kappa shape index (κ2) is 6.04. The minimum atomic E-state index is -4.52. The van der Waals surface area contributed by atoms with Crippen LogP contribution in [0, 0.1) is 5.92 Å². The van der Waals surface area contributed by atoms with Crippen LogP contribution in [0.1, 0.15) is 37.8 Å². The highest BCUT2D eigenvalue weighted by molar-refractivity contribution is 5.79. The summed E-state index contributed by atoms with van der Waals surface area (Å²) in [6.45, 7) is 5.09. The molecule has 1 heterocycles. The standard InChI is InChI=1S/C13H16F3NO2/c1-4-19-12(18)11(8(2)3)9-7-17-6-5-10(9)13(14,15)16/h5-8,11H,4H2,1-3H3. The third-order valence-electron chi connectivity index (χ3n) is 2.70. The average Bonchev–Trinajstić information content (AvgIpc) is 2.28. The molecular formula is C13H16F3NO2. The Labute approximate surface area is 109 Å². The third kappa shape index (κ3) is 3.68. The van der Waals surface area contributed by atoms with Crippen LogP contribution in [0.15, 0.2) is 18.5 Å². The van der Waals surface area contributed by atoms with E-state index in [-0.39, 0.29) is 18.1 Å². The molecule has 0 saturated carbocycles. The topological polar surface area (TPSA) is 39.2 Å². The Hall–Kier alpha value is -1.59. The van der Waals surface area contributed by atoms with Crippen molar-refractivity contribution in [2.75, 3.05) is 6.61 Å². The molecule has 106 valence electrons. The zero-order valence-corrected chi connectivity index (χ0v) is 11.0. The number of pyridine rings is 1. The summed E-state index contributed by atoms with van der Waals surface area (Å²) in [5.41, 5.74) is -0.974. The highest BCUT2D eigenvalue weighted by Gasteiger charge is 2.38. The second-order valence-corrected chi connectivity index (χ2v) is 4.43. The number of ether oxygens (including phenoxy) is 1. The highest BCUT2D eigenvalue weighted by atomic mass is 19.4. The molecule has 0 N–H and O–H groups in total. The minimum absolute atomic E-state index is 0.129. The fourth-order valence-electron chi connectivity index (χ4n) is 1.90. The average molecular weight is 275 g/mol. The number of alkyl halides is 3. The second-order valence-electron chi connectivity index (χ2n) is 4.43. The van der Waals surface area contributed by atoms with Gasteiger partial charge in [0.25, 0.3) is 0 Å². The van der Waals surface area contributed by atoms with Gasteiger partial charge < -0.3 is 4.74 Å². The first kappa shape index (κ1) is 15.5. The number of rotatable bonds is 4. The lowest BCUT2D eigenvalue weighted by molar-refractivity contribution is -0.147. The van der Waals surface area contributed by atoms with Crippen molar-refractivity contribution >= 4 is 5.97 Å². The van der Waals surface area contributed by atoms with Crippen molar-refractivity contribution in [1.82, 2.24) is 4.98 Å². The number of hydrogen-bond acceptors (Lipinski definition) is 3. The van der Waals surface area contributed by atoms with E-state index >= 15 is 0 Å². The Bertz CT molecular complexity index is 444. The van der Waals surface area contributed by atoms with Gasteiger partial charge in [0.2, 0.25) is 0 Å². The monoisotopic (exact) mass is 275 g/mol. The number of carbonyl (C=O) groups excluding carboxylic acids is 1. The van der Waals surface area contributed by atoms with Crippen LogP contribution < -0.4 is 0 Å². The first-order valence-corrected chi connectivity index (χ1v) is 5.96. The van der Waals surface area contributed by atoms with Crippen LogP contribution in [0.3, 0.4) is 0 Å². The van der Waals surface area contributed by atoms with Gasteiger partial charge in [-0.15, -0.1) is 0 Å². The van der Waals surface area contributed by atoms with Gasteiger partial charge in [0.1, 0.15) is 0 Å². The van der Waals surface area contributed by atoms with Crippen LogP contribution in [-0.2, 0) is 15.7 Å².